The molecule has 3 rings (SSSR count). The molecule has 2 aromatic rings. The molecule has 1 aromatic heterocycles. The Morgan fingerprint density at radius 3 is 3.00 bits per heavy atom. The number of aromatic nitrogens is 2. The van der Waals surface area contributed by atoms with Gasteiger partial charge in [-0.15, -0.1) is 12.4 Å². The molecule has 1 aromatic carbocycles. The van der Waals surface area contributed by atoms with Crippen LogP contribution >= 0.6 is 24.0 Å². The lowest BCUT2D eigenvalue weighted by molar-refractivity contribution is 0.0926. The Bertz CT molecular complexity index is 674. The Kier molecular flexibility index (Phi) is 6.04. The van der Waals surface area contributed by atoms with Crippen molar-refractivity contribution in [1.29, 1.82) is 0 Å². The van der Waals surface area contributed by atoms with Crippen LogP contribution in [0.1, 0.15) is 30.1 Å². The van der Waals surface area contributed by atoms with E-state index in [4.69, 9.17) is 11.6 Å². The summed E-state index contributed by atoms with van der Waals surface area (Å²) in [6.07, 6.45) is 3.45. The first-order valence-corrected chi connectivity index (χ1v) is 7.85. The third-order valence-electron chi connectivity index (χ3n) is 3.96. The summed E-state index contributed by atoms with van der Waals surface area (Å²) < 4.78 is 0. The SMILES string of the molecule is CC1CC(NC(=O)c2cn[nH]c2-c2cccc(Cl)c2)CCN1.Cl. The van der Waals surface area contributed by atoms with E-state index < -0.39 is 0 Å². The van der Waals surface area contributed by atoms with Crippen molar-refractivity contribution in [1.82, 2.24) is 20.8 Å². The van der Waals surface area contributed by atoms with E-state index >= 15 is 0 Å². The van der Waals surface area contributed by atoms with Gasteiger partial charge in [0.15, 0.2) is 0 Å². The molecule has 0 saturated carbocycles. The first-order valence-electron chi connectivity index (χ1n) is 7.47. The van der Waals surface area contributed by atoms with E-state index in [1.54, 1.807) is 12.3 Å². The molecule has 1 fully saturated rings. The fraction of sp³-hybridized carbons (Fsp3) is 0.375. The van der Waals surface area contributed by atoms with Gasteiger partial charge in [0.25, 0.3) is 5.91 Å². The minimum Gasteiger partial charge on any atom is -0.349 e. The van der Waals surface area contributed by atoms with E-state index in [2.05, 4.69) is 27.8 Å². The number of benzene rings is 1. The highest BCUT2D eigenvalue weighted by molar-refractivity contribution is 6.30. The number of hydrogen-bond acceptors (Lipinski definition) is 3. The van der Waals surface area contributed by atoms with Gasteiger partial charge in [0.2, 0.25) is 0 Å². The summed E-state index contributed by atoms with van der Waals surface area (Å²) in [5, 5.41) is 14.0. The van der Waals surface area contributed by atoms with Crippen LogP contribution < -0.4 is 10.6 Å². The number of nitrogens with zero attached hydrogens (tertiary/aromatic N) is 1. The molecule has 124 valence electrons. The molecule has 5 nitrogen and oxygen atoms in total. The molecular weight excluding hydrogens is 335 g/mol. The van der Waals surface area contributed by atoms with Crippen molar-refractivity contribution in [2.45, 2.75) is 31.8 Å². The van der Waals surface area contributed by atoms with Crippen LogP contribution in [0, 0.1) is 0 Å². The largest absolute Gasteiger partial charge is 0.349 e. The molecule has 7 heteroatoms. The summed E-state index contributed by atoms with van der Waals surface area (Å²) in [6, 6.07) is 8.01. The van der Waals surface area contributed by atoms with Crippen molar-refractivity contribution >= 4 is 29.9 Å². The molecule has 1 aliphatic heterocycles. The average molecular weight is 355 g/mol. The van der Waals surface area contributed by atoms with Gasteiger partial charge in [-0.1, -0.05) is 23.7 Å². The zero-order chi connectivity index (χ0) is 15.5. The molecule has 0 spiro atoms. The van der Waals surface area contributed by atoms with Crippen LogP contribution in [-0.4, -0.2) is 34.7 Å². The Labute approximate surface area is 146 Å². The van der Waals surface area contributed by atoms with Crippen LogP contribution in [0.25, 0.3) is 11.3 Å². The molecule has 0 bridgehead atoms. The first kappa shape index (κ1) is 17.8. The van der Waals surface area contributed by atoms with Crippen LogP contribution in [0.4, 0.5) is 0 Å². The van der Waals surface area contributed by atoms with Gasteiger partial charge >= 0.3 is 0 Å². The summed E-state index contributed by atoms with van der Waals surface area (Å²) in [5.74, 6) is -0.0946. The van der Waals surface area contributed by atoms with Crippen molar-refractivity contribution in [3.8, 4) is 11.3 Å². The van der Waals surface area contributed by atoms with E-state index in [1.165, 1.54) is 0 Å². The second-order valence-corrected chi connectivity index (χ2v) is 6.16. The number of carbonyl (C=O) groups excluding carboxylic acids is 1. The average Bonchev–Trinajstić information content (AvgIpc) is 2.97. The third-order valence-corrected chi connectivity index (χ3v) is 4.19. The van der Waals surface area contributed by atoms with Crippen molar-refractivity contribution in [2.24, 2.45) is 0 Å². The molecule has 1 amide bonds. The molecule has 2 unspecified atom stereocenters. The minimum atomic E-state index is -0.0946. The number of nitrogens with one attached hydrogen (secondary N) is 3. The normalized spacial score (nSPS) is 20.6. The maximum atomic E-state index is 12.5. The van der Waals surface area contributed by atoms with Gasteiger partial charge in [0, 0.05) is 22.7 Å². The smallest absolute Gasteiger partial charge is 0.255 e. The monoisotopic (exact) mass is 354 g/mol. The zero-order valence-corrected chi connectivity index (χ0v) is 14.4. The number of piperidine rings is 1. The highest BCUT2D eigenvalue weighted by Crippen LogP contribution is 2.24. The number of halogens is 2. The molecule has 23 heavy (non-hydrogen) atoms. The van der Waals surface area contributed by atoms with Crippen molar-refractivity contribution in [2.75, 3.05) is 6.54 Å². The van der Waals surface area contributed by atoms with E-state index in [-0.39, 0.29) is 24.4 Å². The summed E-state index contributed by atoms with van der Waals surface area (Å²) in [6.45, 7) is 3.06. The summed E-state index contributed by atoms with van der Waals surface area (Å²) in [7, 11) is 0. The van der Waals surface area contributed by atoms with E-state index in [1.807, 2.05) is 18.2 Å². The van der Waals surface area contributed by atoms with Gasteiger partial charge in [-0.3, -0.25) is 9.89 Å². The highest BCUT2D eigenvalue weighted by atomic mass is 35.5. The fourth-order valence-electron chi connectivity index (χ4n) is 2.85. The van der Waals surface area contributed by atoms with Crippen LogP contribution in [-0.2, 0) is 0 Å². The predicted octanol–water partition coefficient (Wildman–Crippen LogP) is 3.02. The lowest BCUT2D eigenvalue weighted by Crippen LogP contribution is -2.46. The number of H-pyrrole nitrogens is 1. The standard InChI is InChI=1S/C16H19ClN4O.ClH/c1-10-7-13(5-6-18-10)20-16(22)14-9-19-21-15(14)11-3-2-4-12(17)8-11;/h2-4,8-10,13,18H,5-7H2,1H3,(H,19,21)(H,20,22);1H. The van der Waals surface area contributed by atoms with Gasteiger partial charge < -0.3 is 10.6 Å². The second kappa shape index (κ2) is 7.81. The lowest BCUT2D eigenvalue weighted by atomic mass is 10.00. The van der Waals surface area contributed by atoms with E-state index in [0.717, 1.165) is 24.9 Å². The van der Waals surface area contributed by atoms with Crippen molar-refractivity contribution in [3.05, 3.63) is 41.0 Å². The molecule has 3 N–H and O–H groups in total. The molecule has 0 radical (unpaired) electrons. The zero-order valence-electron chi connectivity index (χ0n) is 12.8. The van der Waals surface area contributed by atoms with Gasteiger partial charge in [-0.2, -0.15) is 5.10 Å². The maximum absolute atomic E-state index is 12.5. The van der Waals surface area contributed by atoms with Gasteiger partial charge in [0.05, 0.1) is 17.5 Å². The van der Waals surface area contributed by atoms with Crippen LogP contribution in [0.2, 0.25) is 5.02 Å². The van der Waals surface area contributed by atoms with Crippen LogP contribution in [0.15, 0.2) is 30.5 Å². The molecule has 2 atom stereocenters. The minimum absolute atomic E-state index is 0. The molecular formula is C16H20Cl2N4O. The molecule has 1 aliphatic rings. The Hall–Kier alpha value is -1.56. The third kappa shape index (κ3) is 4.25. The fourth-order valence-corrected chi connectivity index (χ4v) is 3.04. The number of hydrogen-bond donors (Lipinski definition) is 3. The first-order chi connectivity index (χ1) is 10.6. The van der Waals surface area contributed by atoms with Gasteiger partial charge in [-0.05, 0) is 38.4 Å². The van der Waals surface area contributed by atoms with Crippen LogP contribution in [0.5, 0.6) is 0 Å². The Balaban J connectivity index is 0.00000192. The Morgan fingerprint density at radius 1 is 1.43 bits per heavy atom. The number of amides is 1. The van der Waals surface area contributed by atoms with E-state index in [9.17, 15) is 4.79 Å². The Morgan fingerprint density at radius 2 is 2.26 bits per heavy atom. The van der Waals surface area contributed by atoms with Crippen LogP contribution in [0.3, 0.4) is 0 Å². The summed E-state index contributed by atoms with van der Waals surface area (Å²) >= 11 is 6.02. The van der Waals surface area contributed by atoms with Crippen molar-refractivity contribution in [3.63, 3.8) is 0 Å². The second-order valence-electron chi connectivity index (χ2n) is 5.72. The quantitative estimate of drug-likeness (QED) is 0.793. The summed E-state index contributed by atoms with van der Waals surface area (Å²) in [4.78, 5) is 12.5. The number of rotatable bonds is 3. The topological polar surface area (TPSA) is 69.8 Å². The predicted molar refractivity (Wildman–Crippen MR) is 94.2 cm³/mol. The van der Waals surface area contributed by atoms with Gasteiger partial charge in [0.1, 0.15) is 0 Å². The molecule has 1 saturated heterocycles. The number of carbonyl (C=O) groups is 1. The summed E-state index contributed by atoms with van der Waals surface area (Å²) in [5.41, 5.74) is 2.10. The molecule has 0 aliphatic carbocycles. The number of aromatic amines is 1. The van der Waals surface area contributed by atoms with Crippen molar-refractivity contribution < 1.29 is 4.79 Å². The maximum Gasteiger partial charge on any atom is 0.255 e. The lowest BCUT2D eigenvalue weighted by Gasteiger charge is -2.28. The van der Waals surface area contributed by atoms with Gasteiger partial charge in [-0.25, -0.2) is 0 Å². The highest BCUT2D eigenvalue weighted by Gasteiger charge is 2.22. The molecule has 2 heterocycles. The van der Waals surface area contributed by atoms with E-state index in [0.29, 0.717) is 22.3 Å².